The van der Waals surface area contributed by atoms with Crippen LogP contribution in [0.3, 0.4) is 0 Å². The third-order valence-electron chi connectivity index (χ3n) is 6.47. The van der Waals surface area contributed by atoms with Crippen LogP contribution in [0.2, 0.25) is 5.02 Å². The summed E-state index contributed by atoms with van der Waals surface area (Å²) in [5, 5.41) is 5.00. The molecule has 1 N–H and O–H groups in total. The normalized spacial score (nSPS) is 17.8. The summed E-state index contributed by atoms with van der Waals surface area (Å²) in [5.74, 6) is 0. The van der Waals surface area contributed by atoms with Gasteiger partial charge in [0.1, 0.15) is 0 Å². The molecule has 0 saturated carbocycles. The molecule has 1 aliphatic heterocycles. The second-order valence-corrected chi connectivity index (χ2v) is 10.2. The minimum atomic E-state index is -0.0910. The van der Waals surface area contributed by atoms with Crippen molar-refractivity contribution < 1.29 is 0 Å². The summed E-state index contributed by atoms with van der Waals surface area (Å²) in [6, 6.07) is 22.4. The third kappa shape index (κ3) is 3.94. The molecule has 0 bridgehead atoms. The first-order valence-corrected chi connectivity index (χ1v) is 12.7. The summed E-state index contributed by atoms with van der Waals surface area (Å²) in [4.78, 5) is 6.88. The summed E-state index contributed by atoms with van der Waals surface area (Å²) < 4.78 is 3.31. The van der Waals surface area contributed by atoms with Gasteiger partial charge in [-0.15, -0.1) is 0 Å². The predicted molar refractivity (Wildman–Crippen MR) is 147 cm³/mol. The molecule has 2 aromatic carbocycles. The molecular formula is C27H24BrClN4S. The molecule has 4 nitrogen and oxygen atoms in total. The van der Waals surface area contributed by atoms with Crippen molar-refractivity contribution in [1.82, 2.24) is 14.9 Å². The highest BCUT2D eigenvalue weighted by molar-refractivity contribution is 9.10. The number of thiocarbonyl (C=S) groups is 1. The standard InChI is InChI=1S/C27H24BrClN4S/c1-16-15-21(18(3)32(16)24-9-6-7-22(29)17(24)2)26-25(23-8-4-5-14-30-23)31-27(34)33(26)20-12-10-19(28)11-13-20/h4-15,25-26H,1-3H3,(H,31,34). The van der Waals surface area contributed by atoms with E-state index in [-0.39, 0.29) is 12.1 Å². The predicted octanol–water partition coefficient (Wildman–Crippen LogP) is 7.39. The number of anilines is 1. The number of aromatic nitrogens is 2. The molecular weight excluding hydrogens is 528 g/mol. The molecule has 2 atom stereocenters. The van der Waals surface area contributed by atoms with Crippen LogP contribution in [0.25, 0.3) is 5.69 Å². The summed E-state index contributed by atoms with van der Waals surface area (Å²) in [5.41, 5.74) is 7.64. The molecule has 0 radical (unpaired) electrons. The van der Waals surface area contributed by atoms with E-state index in [9.17, 15) is 0 Å². The Morgan fingerprint density at radius 1 is 1.00 bits per heavy atom. The molecule has 4 aromatic rings. The maximum absolute atomic E-state index is 6.48. The Kier molecular flexibility index (Phi) is 6.23. The van der Waals surface area contributed by atoms with Gasteiger partial charge in [-0.05, 0) is 98.7 Å². The number of hydrogen-bond acceptors (Lipinski definition) is 2. The summed E-state index contributed by atoms with van der Waals surface area (Å²) in [6.07, 6.45) is 1.83. The number of aryl methyl sites for hydroxylation is 1. The van der Waals surface area contributed by atoms with Crippen molar-refractivity contribution in [1.29, 1.82) is 0 Å². The lowest BCUT2D eigenvalue weighted by atomic mass is 9.96. The van der Waals surface area contributed by atoms with E-state index in [2.05, 4.69) is 86.8 Å². The van der Waals surface area contributed by atoms with Crippen LogP contribution in [0.1, 0.15) is 40.3 Å². The molecule has 3 heterocycles. The quantitative estimate of drug-likeness (QED) is 0.268. The van der Waals surface area contributed by atoms with Crippen LogP contribution in [0.4, 0.5) is 5.69 Å². The highest BCUT2D eigenvalue weighted by Crippen LogP contribution is 2.44. The van der Waals surface area contributed by atoms with Crippen molar-refractivity contribution in [2.24, 2.45) is 0 Å². The number of nitrogens with zero attached hydrogens (tertiary/aromatic N) is 3. The van der Waals surface area contributed by atoms with Crippen LogP contribution in [0.15, 0.2) is 77.4 Å². The van der Waals surface area contributed by atoms with Gasteiger partial charge < -0.3 is 14.8 Å². The SMILES string of the molecule is Cc1c(Cl)cccc1-n1c(C)cc(C2C(c3ccccn3)NC(=S)N2c2ccc(Br)cc2)c1C. The molecule has 5 rings (SSSR count). The second-order valence-electron chi connectivity index (χ2n) is 8.52. The molecule has 2 unspecified atom stereocenters. The van der Waals surface area contributed by atoms with Gasteiger partial charge in [-0.25, -0.2) is 0 Å². The summed E-state index contributed by atoms with van der Waals surface area (Å²) >= 11 is 15.9. The van der Waals surface area contributed by atoms with Gasteiger partial charge in [-0.1, -0.05) is 39.7 Å². The molecule has 0 amide bonds. The van der Waals surface area contributed by atoms with Crippen molar-refractivity contribution in [3.63, 3.8) is 0 Å². The fraction of sp³-hybridized carbons (Fsp3) is 0.185. The van der Waals surface area contributed by atoms with E-state index in [1.54, 1.807) is 0 Å². The average Bonchev–Trinajstić information content (AvgIpc) is 3.32. The van der Waals surface area contributed by atoms with E-state index in [1.165, 1.54) is 5.56 Å². The molecule has 172 valence electrons. The van der Waals surface area contributed by atoms with Crippen molar-refractivity contribution >= 4 is 50.5 Å². The zero-order valence-electron chi connectivity index (χ0n) is 19.1. The van der Waals surface area contributed by atoms with E-state index in [0.29, 0.717) is 5.11 Å². The molecule has 1 fully saturated rings. The van der Waals surface area contributed by atoms with Crippen molar-refractivity contribution in [2.75, 3.05) is 4.90 Å². The largest absolute Gasteiger partial charge is 0.351 e. The number of halogens is 2. The lowest BCUT2D eigenvalue weighted by Gasteiger charge is -2.28. The Balaban J connectivity index is 1.70. The molecule has 7 heteroatoms. The lowest BCUT2D eigenvalue weighted by Crippen LogP contribution is -2.29. The Morgan fingerprint density at radius 2 is 1.76 bits per heavy atom. The zero-order valence-corrected chi connectivity index (χ0v) is 22.2. The van der Waals surface area contributed by atoms with E-state index in [1.807, 2.05) is 42.6 Å². The summed E-state index contributed by atoms with van der Waals surface area (Å²) in [7, 11) is 0. The number of benzene rings is 2. The minimum absolute atomic E-state index is 0.0667. The van der Waals surface area contributed by atoms with Gasteiger partial charge >= 0.3 is 0 Å². The van der Waals surface area contributed by atoms with Gasteiger partial charge in [0.25, 0.3) is 0 Å². The van der Waals surface area contributed by atoms with Gasteiger partial charge in [-0.3, -0.25) is 4.98 Å². The molecule has 2 aromatic heterocycles. The van der Waals surface area contributed by atoms with Crippen LogP contribution in [0, 0.1) is 20.8 Å². The van der Waals surface area contributed by atoms with Crippen LogP contribution in [-0.4, -0.2) is 14.7 Å². The Labute approximate surface area is 218 Å². The fourth-order valence-electron chi connectivity index (χ4n) is 4.85. The van der Waals surface area contributed by atoms with Gasteiger partial charge in [0.2, 0.25) is 0 Å². The lowest BCUT2D eigenvalue weighted by molar-refractivity contribution is 0.565. The van der Waals surface area contributed by atoms with E-state index in [4.69, 9.17) is 23.8 Å². The number of hydrogen-bond donors (Lipinski definition) is 1. The molecule has 34 heavy (non-hydrogen) atoms. The molecule has 1 aliphatic rings. The van der Waals surface area contributed by atoms with Gasteiger partial charge in [0.05, 0.1) is 17.8 Å². The Bertz CT molecular complexity index is 1370. The van der Waals surface area contributed by atoms with Gasteiger partial charge in [0.15, 0.2) is 5.11 Å². The van der Waals surface area contributed by atoms with Crippen molar-refractivity contribution in [3.8, 4) is 5.69 Å². The smallest absolute Gasteiger partial charge is 0.174 e. The number of rotatable bonds is 4. The first kappa shape index (κ1) is 23.1. The first-order chi connectivity index (χ1) is 16.4. The van der Waals surface area contributed by atoms with Gasteiger partial charge in [0, 0.05) is 38.5 Å². The Hall–Kier alpha value is -2.67. The van der Waals surface area contributed by atoms with Crippen molar-refractivity contribution in [2.45, 2.75) is 32.9 Å². The van der Waals surface area contributed by atoms with E-state index >= 15 is 0 Å². The molecule has 0 aliphatic carbocycles. The van der Waals surface area contributed by atoms with Crippen LogP contribution in [0.5, 0.6) is 0 Å². The molecule has 1 saturated heterocycles. The average molecular weight is 552 g/mol. The zero-order chi connectivity index (χ0) is 24.0. The fourth-order valence-corrected chi connectivity index (χ4v) is 5.63. The highest BCUT2D eigenvalue weighted by atomic mass is 79.9. The van der Waals surface area contributed by atoms with Crippen LogP contribution in [-0.2, 0) is 0 Å². The van der Waals surface area contributed by atoms with Gasteiger partial charge in [-0.2, -0.15) is 0 Å². The van der Waals surface area contributed by atoms with E-state index < -0.39 is 0 Å². The topological polar surface area (TPSA) is 33.1 Å². The van der Waals surface area contributed by atoms with E-state index in [0.717, 1.165) is 43.5 Å². The third-order valence-corrected chi connectivity index (χ3v) is 7.72. The maximum Gasteiger partial charge on any atom is 0.174 e. The highest BCUT2D eigenvalue weighted by Gasteiger charge is 2.42. The van der Waals surface area contributed by atoms with Crippen LogP contribution < -0.4 is 10.2 Å². The molecule has 0 spiro atoms. The maximum atomic E-state index is 6.48. The van der Waals surface area contributed by atoms with Crippen molar-refractivity contribution in [3.05, 3.63) is 111 Å². The minimum Gasteiger partial charge on any atom is -0.351 e. The second kappa shape index (κ2) is 9.17. The number of pyridine rings is 1. The first-order valence-electron chi connectivity index (χ1n) is 11.1. The van der Waals surface area contributed by atoms with Crippen LogP contribution >= 0.6 is 39.7 Å². The Morgan fingerprint density at radius 3 is 2.47 bits per heavy atom. The summed E-state index contributed by atoms with van der Waals surface area (Å²) in [6.45, 7) is 6.36. The number of nitrogens with one attached hydrogen (secondary N) is 1. The monoisotopic (exact) mass is 550 g/mol.